The number of aromatic nitrogens is 5. The number of hydrogen-bond acceptors (Lipinski definition) is 6. The van der Waals surface area contributed by atoms with Crippen LogP contribution in [-0.2, 0) is 12.7 Å². The third-order valence-electron chi connectivity index (χ3n) is 2.76. The fraction of sp³-hybridized carbons (Fsp3) is 0.273. The van der Waals surface area contributed by atoms with Gasteiger partial charge in [0, 0.05) is 12.4 Å². The first-order valence-electron chi connectivity index (χ1n) is 5.81. The number of hydrogen-bond donors (Lipinski definition) is 1. The van der Waals surface area contributed by atoms with Crippen LogP contribution in [0.5, 0.6) is 0 Å². The highest BCUT2D eigenvalue weighted by Gasteiger charge is 2.36. The lowest BCUT2D eigenvalue weighted by atomic mass is 10.4. The number of nitrogens with one attached hydrogen (secondary N) is 1. The SMILES string of the molecule is CN(Cc1cscn1)c1nc(C(F)(F)F)nc2nc[nH]c12. The van der Waals surface area contributed by atoms with E-state index < -0.39 is 12.0 Å². The number of nitrogens with zero attached hydrogens (tertiary/aromatic N) is 5. The van der Waals surface area contributed by atoms with Gasteiger partial charge in [-0.25, -0.2) is 19.9 Å². The number of rotatable bonds is 3. The van der Waals surface area contributed by atoms with Crippen molar-refractivity contribution in [3.8, 4) is 0 Å². The van der Waals surface area contributed by atoms with E-state index in [1.165, 1.54) is 17.7 Å². The minimum Gasteiger partial charge on any atom is -0.352 e. The van der Waals surface area contributed by atoms with Crippen LogP contribution in [0.1, 0.15) is 11.5 Å². The maximum Gasteiger partial charge on any atom is 0.451 e. The standard InChI is InChI=1S/C11H9F3N6S/c1-20(2-6-3-21-5-17-6)9-7-8(16-4-15-7)18-10(19-9)11(12,13)14/h3-5H,2H2,1H3,(H,15,16,18,19). The highest BCUT2D eigenvalue weighted by molar-refractivity contribution is 7.07. The summed E-state index contributed by atoms with van der Waals surface area (Å²) >= 11 is 1.42. The molecular weight excluding hydrogens is 305 g/mol. The van der Waals surface area contributed by atoms with Crippen molar-refractivity contribution in [1.29, 1.82) is 0 Å². The lowest BCUT2D eigenvalue weighted by Gasteiger charge is -2.18. The third-order valence-corrected chi connectivity index (χ3v) is 3.40. The van der Waals surface area contributed by atoms with Crippen molar-refractivity contribution in [1.82, 2.24) is 24.9 Å². The van der Waals surface area contributed by atoms with Gasteiger partial charge in [0.2, 0.25) is 5.82 Å². The molecule has 0 spiro atoms. The van der Waals surface area contributed by atoms with Gasteiger partial charge in [-0.15, -0.1) is 11.3 Å². The van der Waals surface area contributed by atoms with Gasteiger partial charge in [0.05, 0.1) is 24.1 Å². The normalized spacial score (nSPS) is 12.0. The van der Waals surface area contributed by atoms with Crippen molar-refractivity contribution < 1.29 is 13.2 Å². The molecule has 0 aliphatic carbocycles. The minimum atomic E-state index is -4.62. The molecule has 0 atom stereocenters. The Hall–Kier alpha value is -2.23. The summed E-state index contributed by atoms with van der Waals surface area (Å²) in [6.07, 6.45) is -3.33. The molecule has 110 valence electrons. The summed E-state index contributed by atoms with van der Waals surface area (Å²) in [5, 5.41) is 1.83. The maximum atomic E-state index is 12.9. The summed E-state index contributed by atoms with van der Waals surface area (Å²) in [4.78, 5) is 19.3. The van der Waals surface area contributed by atoms with Crippen LogP contribution in [0, 0.1) is 0 Å². The fourth-order valence-electron chi connectivity index (χ4n) is 1.85. The minimum absolute atomic E-state index is 0.0162. The molecule has 3 aromatic heterocycles. The van der Waals surface area contributed by atoms with E-state index in [2.05, 4.69) is 24.9 Å². The number of anilines is 1. The van der Waals surface area contributed by atoms with E-state index in [0.717, 1.165) is 5.69 Å². The Morgan fingerprint density at radius 3 is 2.76 bits per heavy atom. The molecule has 0 aliphatic heterocycles. The zero-order valence-corrected chi connectivity index (χ0v) is 11.5. The van der Waals surface area contributed by atoms with Gasteiger partial charge in [-0.2, -0.15) is 13.2 Å². The second-order valence-corrected chi connectivity index (χ2v) is 5.02. The quantitative estimate of drug-likeness (QED) is 0.804. The van der Waals surface area contributed by atoms with E-state index in [1.807, 2.05) is 5.38 Å². The predicted molar refractivity (Wildman–Crippen MR) is 70.9 cm³/mol. The van der Waals surface area contributed by atoms with Crippen LogP contribution >= 0.6 is 11.3 Å². The average Bonchev–Trinajstić information content (AvgIpc) is 3.06. The molecule has 0 amide bonds. The topological polar surface area (TPSA) is 70.6 Å². The summed E-state index contributed by atoms with van der Waals surface area (Å²) in [7, 11) is 1.64. The molecule has 0 bridgehead atoms. The van der Waals surface area contributed by atoms with Crippen LogP contribution in [0.15, 0.2) is 17.2 Å². The van der Waals surface area contributed by atoms with Gasteiger partial charge < -0.3 is 9.88 Å². The van der Waals surface area contributed by atoms with Crippen LogP contribution in [0.4, 0.5) is 19.0 Å². The summed E-state index contributed by atoms with van der Waals surface area (Å²) in [6, 6.07) is 0. The first-order chi connectivity index (χ1) is 9.95. The Morgan fingerprint density at radius 2 is 2.10 bits per heavy atom. The van der Waals surface area contributed by atoms with Gasteiger partial charge in [0.15, 0.2) is 11.5 Å². The van der Waals surface area contributed by atoms with Crippen LogP contribution in [-0.4, -0.2) is 32.0 Å². The molecule has 0 aliphatic rings. The molecule has 3 rings (SSSR count). The number of imidazole rings is 1. The Bertz CT molecular complexity index is 751. The number of H-pyrrole nitrogens is 1. The van der Waals surface area contributed by atoms with E-state index in [4.69, 9.17) is 0 Å². The molecular formula is C11H9F3N6S. The van der Waals surface area contributed by atoms with Gasteiger partial charge in [0.25, 0.3) is 0 Å². The highest BCUT2D eigenvalue weighted by atomic mass is 32.1. The summed E-state index contributed by atoms with van der Waals surface area (Å²) < 4.78 is 38.6. The van der Waals surface area contributed by atoms with Crippen molar-refractivity contribution in [3.05, 3.63) is 28.7 Å². The highest BCUT2D eigenvalue weighted by Crippen LogP contribution is 2.30. The molecule has 3 heterocycles. The van der Waals surface area contributed by atoms with Crippen molar-refractivity contribution >= 4 is 28.3 Å². The molecule has 0 unspecified atom stereocenters. The zero-order chi connectivity index (χ0) is 15.0. The first kappa shape index (κ1) is 13.7. The Kier molecular flexibility index (Phi) is 3.24. The molecule has 3 aromatic rings. The van der Waals surface area contributed by atoms with Crippen molar-refractivity contribution in [2.45, 2.75) is 12.7 Å². The van der Waals surface area contributed by atoms with Crippen LogP contribution in [0.2, 0.25) is 0 Å². The number of fused-ring (bicyclic) bond motifs is 1. The number of alkyl halides is 3. The first-order valence-corrected chi connectivity index (χ1v) is 6.76. The van der Waals surface area contributed by atoms with Crippen LogP contribution in [0.25, 0.3) is 11.2 Å². The van der Waals surface area contributed by atoms with Crippen LogP contribution < -0.4 is 4.90 Å². The average molecular weight is 314 g/mol. The Balaban J connectivity index is 2.05. The van der Waals surface area contributed by atoms with Gasteiger partial charge in [-0.3, -0.25) is 0 Å². The van der Waals surface area contributed by atoms with Crippen molar-refractivity contribution in [2.75, 3.05) is 11.9 Å². The second-order valence-electron chi connectivity index (χ2n) is 4.31. The molecule has 0 aromatic carbocycles. The maximum absolute atomic E-state index is 12.9. The summed E-state index contributed by atoms with van der Waals surface area (Å²) in [5.41, 5.74) is 2.76. The van der Waals surface area contributed by atoms with Gasteiger partial charge >= 0.3 is 6.18 Å². The Labute approximate surface area is 120 Å². The van der Waals surface area contributed by atoms with Gasteiger partial charge in [-0.05, 0) is 0 Å². The summed E-state index contributed by atoms with van der Waals surface area (Å²) in [5.74, 6) is -1.07. The molecule has 0 fully saturated rings. The Morgan fingerprint density at radius 1 is 1.29 bits per heavy atom. The number of thiazole rings is 1. The van der Waals surface area contributed by atoms with E-state index in [9.17, 15) is 13.2 Å². The molecule has 0 radical (unpaired) electrons. The monoisotopic (exact) mass is 314 g/mol. The molecule has 0 saturated carbocycles. The largest absolute Gasteiger partial charge is 0.451 e. The van der Waals surface area contributed by atoms with Gasteiger partial charge in [-0.1, -0.05) is 0 Å². The second kappa shape index (κ2) is 4.95. The molecule has 1 N–H and O–H groups in total. The lowest BCUT2D eigenvalue weighted by molar-refractivity contribution is -0.144. The number of aromatic amines is 1. The predicted octanol–water partition coefficient (Wildman–Crippen LogP) is 2.46. The fourth-order valence-corrected chi connectivity index (χ4v) is 2.40. The van der Waals surface area contributed by atoms with E-state index in [1.54, 1.807) is 17.5 Å². The van der Waals surface area contributed by atoms with Crippen LogP contribution in [0.3, 0.4) is 0 Å². The third kappa shape index (κ3) is 2.66. The van der Waals surface area contributed by atoms with E-state index in [-0.39, 0.29) is 11.5 Å². The van der Waals surface area contributed by atoms with E-state index in [0.29, 0.717) is 12.1 Å². The van der Waals surface area contributed by atoms with Crippen molar-refractivity contribution in [2.24, 2.45) is 0 Å². The van der Waals surface area contributed by atoms with Gasteiger partial charge in [0.1, 0.15) is 5.52 Å². The van der Waals surface area contributed by atoms with E-state index >= 15 is 0 Å². The molecule has 21 heavy (non-hydrogen) atoms. The molecule has 10 heteroatoms. The molecule has 0 saturated heterocycles. The number of halogens is 3. The smallest absolute Gasteiger partial charge is 0.352 e. The summed E-state index contributed by atoms with van der Waals surface area (Å²) in [6.45, 7) is 0.339. The van der Waals surface area contributed by atoms with Crippen molar-refractivity contribution in [3.63, 3.8) is 0 Å². The lowest BCUT2D eigenvalue weighted by Crippen LogP contribution is -2.21. The molecule has 6 nitrogen and oxygen atoms in total. The zero-order valence-electron chi connectivity index (χ0n) is 10.7.